The first-order valence-electron chi connectivity index (χ1n) is 8.16. The van der Waals surface area contributed by atoms with Crippen LogP contribution in [0.5, 0.6) is 0 Å². The van der Waals surface area contributed by atoms with Crippen LogP contribution in [0.3, 0.4) is 0 Å². The maximum atomic E-state index is 12.7. The van der Waals surface area contributed by atoms with Crippen LogP contribution >= 0.6 is 0 Å². The first-order chi connectivity index (χ1) is 10.7. The Hall–Kier alpha value is -1.47. The van der Waals surface area contributed by atoms with Crippen molar-refractivity contribution in [3.63, 3.8) is 0 Å². The Kier molecular flexibility index (Phi) is 4.73. The summed E-state index contributed by atoms with van der Waals surface area (Å²) >= 11 is 0. The first-order valence-corrected chi connectivity index (χ1v) is 8.16. The highest BCUT2D eigenvalue weighted by Gasteiger charge is 2.37. The number of aromatic nitrogens is 3. The molecule has 1 aromatic heterocycles. The number of hydrogen-bond donors (Lipinski definition) is 1. The van der Waals surface area contributed by atoms with Crippen molar-refractivity contribution in [3.05, 3.63) is 11.6 Å². The number of aromatic amines is 1. The zero-order valence-electron chi connectivity index (χ0n) is 13.4. The van der Waals surface area contributed by atoms with Crippen LogP contribution in [0.25, 0.3) is 0 Å². The van der Waals surface area contributed by atoms with Crippen LogP contribution < -0.4 is 0 Å². The minimum atomic E-state index is 0.0895. The van der Waals surface area contributed by atoms with E-state index in [-0.39, 0.29) is 11.8 Å². The van der Waals surface area contributed by atoms with E-state index in [4.69, 9.17) is 4.74 Å². The summed E-state index contributed by atoms with van der Waals surface area (Å²) in [6.45, 7) is 9.46. The molecule has 1 aromatic rings. The molecule has 0 aliphatic carbocycles. The third-order valence-corrected chi connectivity index (χ3v) is 4.60. The van der Waals surface area contributed by atoms with Crippen molar-refractivity contribution in [2.45, 2.75) is 26.8 Å². The van der Waals surface area contributed by atoms with E-state index in [0.717, 1.165) is 50.8 Å². The van der Waals surface area contributed by atoms with Crippen LogP contribution in [0.15, 0.2) is 0 Å². The molecule has 0 radical (unpaired) electrons. The van der Waals surface area contributed by atoms with Gasteiger partial charge in [0.15, 0.2) is 0 Å². The summed E-state index contributed by atoms with van der Waals surface area (Å²) in [7, 11) is 0. The van der Waals surface area contributed by atoms with Gasteiger partial charge >= 0.3 is 0 Å². The fraction of sp³-hybridized carbons (Fsp3) is 0.800. The lowest BCUT2D eigenvalue weighted by Gasteiger charge is -2.30. The predicted octanol–water partition coefficient (Wildman–Crippen LogP) is 0.294. The normalized spacial score (nSPS) is 26.5. The number of nitrogens with zero attached hydrogens (tertiary/aromatic N) is 4. The van der Waals surface area contributed by atoms with Gasteiger partial charge in [-0.3, -0.25) is 14.8 Å². The number of aryl methyl sites for hydroxylation is 1. The average molecular weight is 307 g/mol. The Balaban J connectivity index is 1.57. The fourth-order valence-electron chi connectivity index (χ4n) is 3.31. The molecule has 1 N–H and O–H groups in total. The number of carbonyl (C=O) groups excluding carboxylic acids is 1. The molecule has 2 fully saturated rings. The van der Waals surface area contributed by atoms with Crippen molar-refractivity contribution in [2.75, 3.05) is 39.4 Å². The van der Waals surface area contributed by atoms with Gasteiger partial charge in [0, 0.05) is 32.6 Å². The van der Waals surface area contributed by atoms with Crippen LogP contribution in [-0.2, 0) is 22.5 Å². The number of carbonyl (C=O) groups is 1. The molecular weight excluding hydrogens is 282 g/mol. The predicted molar refractivity (Wildman–Crippen MR) is 81.1 cm³/mol. The second kappa shape index (κ2) is 6.75. The molecule has 7 nitrogen and oxygen atoms in total. The van der Waals surface area contributed by atoms with Crippen molar-refractivity contribution in [3.8, 4) is 0 Å². The second-order valence-corrected chi connectivity index (χ2v) is 6.27. The standard InChI is InChI=1S/C15H25N5O2/c1-3-13-16-14(18-17-13)10-19-8-11(2)12(9-19)15(21)20-4-6-22-7-5-20/h11-12H,3-10H2,1-2H3,(H,16,17,18)/t11-,12-/m1/s1. The molecule has 0 spiro atoms. The quantitative estimate of drug-likeness (QED) is 0.865. The lowest BCUT2D eigenvalue weighted by atomic mass is 9.96. The van der Waals surface area contributed by atoms with Crippen molar-refractivity contribution < 1.29 is 9.53 Å². The fourth-order valence-corrected chi connectivity index (χ4v) is 3.31. The van der Waals surface area contributed by atoms with E-state index in [2.05, 4.69) is 27.0 Å². The summed E-state index contributed by atoms with van der Waals surface area (Å²) in [5.74, 6) is 2.49. The SMILES string of the molecule is CCc1n[nH]c(CN2C[C@@H](C)[C@H](C(=O)N3CCOCC3)C2)n1. The Morgan fingerprint density at radius 2 is 2.14 bits per heavy atom. The number of rotatable bonds is 4. The zero-order valence-corrected chi connectivity index (χ0v) is 13.4. The molecule has 2 saturated heterocycles. The lowest BCUT2D eigenvalue weighted by Crippen LogP contribution is -2.45. The zero-order chi connectivity index (χ0) is 15.5. The monoisotopic (exact) mass is 307 g/mol. The molecule has 0 bridgehead atoms. The van der Waals surface area contributed by atoms with E-state index >= 15 is 0 Å². The van der Waals surface area contributed by atoms with E-state index in [1.807, 2.05) is 11.8 Å². The van der Waals surface area contributed by atoms with Crippen molar-refractivity contribution in [1.82, 2.24) is 25.0 Å². The summed E-state index contributed by atoms with van der Waals surface area (Å²) in [5.41, 5.74) is 0. The molecule has 2 atom stereocenters. The van der Waals surface area contributed by atoms with Crippen LogP contribution in [0.1, 0.15) is 25.5 Å². The molecule has 3 rings (SSSR count). The minimum Gasteiger partial charge on any atom is -0.378 e. The summed E-state index contributed by atoms with van der Waals surface area (Å²) in [5, 5.41) is 7.16. The molecule has 0 unspecified atom stereocenters. The number of H-pyrrole nitrogens is 1. The molecule has 22 heavy (non-hydrogen) atoms. The molecule has 122 valence electrons. The molecule has 2 aliphatic rings. The Morgan fingerprint density at radius 1 is 1.36 bits per heavy atom. The summed E-state index contributed by atoms with van der Waals surface area (Å²) in [6.07, 6.45) is 0.838. The third-order valence-electron chi connectivity index (χ3n) is 4.60. The number of nitrogens with one attached hydrogen (secondary N) is 1. The van der Waals surface area contributed by atoms with Gasteiger partial charge in [-0.2, -0.15) is 5.10 Å². The highest BCUT2D eigenvalue weighted by molar-refractivity contribution is 5.79. The molecule has 0 saturated carbocycles. The molecule has 0 aromatic carbocycles. The number of ether oxygens (including phenoxy) is 1. The topological polar surface area (TPSA) is 74.4 Å². The van der Waals surface area contributed by atoms with Gasteiger partial charge in [-0.05, 0) is 5.92 Å². The van der Waals surface area contributed by atoms with Crippen molar-refractivity contribution in [1.29, 1.82) is 0 Å². The van der Waals surface area contributed by atoms with Crippen LogP contribution in [-0.4, -0.2) is 70.3 Å². The summed E-state index contributed by atoms with van der Waals surface area (Å²) < 4.78 is 5.33. The second-order valence-electron chi connectivity index (χ2n) is 6.27. The molecular formula is C15H25N5O2. The van der Waals surface area contributed by atoms with Gasteiger partial charge in [-0.25, -0.2) is 4.98 Å². The van der Waals surface area contributed by atoms with E-state index in [9.17, 15) is 4.79 Å². The van der Waals surface area contributed by atoms with Crippen LogP contribution in [0, 0.1) is 11.8 Å². The maximum absolute atomic E-state index is 12.7. The van der Waals surface area contributed by atoms with E-state index in [0.29, 0.717) is 19.1 Å². The summed E-state index contributed by atoms with van der Waals surface area (Å²) in [4.78, 5) is 21.4. The summed E-state index contributed by atoms with van der Waals surface area (Å²) in [6, 6.07) is 0. The van der Waals surface area contributed by atoms with E-state index in [1.165, 1.54) is 0 Å². The van der Waals surface area contributed by atoms with Crippen molar-refractivity contribution in [2.24, 2.45) is 11.8 Å². The smallest absolute Gasteiger partial charge is 0.227 e. The highest BCUT2D eigenvalue weighted by Crippen LogP contribution is 2.26. The van der Waals surface area contributed by atoms with Crippen LogP contribution in [0.2, 0.25) is 0 Å². The van der Waals surface area contributed by atoms with Crippen molar-refractivity contribution >= 4 is 5.91 Å². The minimum absolute atomic E-state index is 0.0895. The van der Waals surface area contributed by atoms with Gasteiger partial charge in [0.25, 0.3) is 0 Å². The molecule has 7 heteroatoms. The highest BCUT2D eigenvalue weighted by atomic mass is 16.5. The molecule has 3 heterocycles. The largest absolute Gasteiger partial charge is 0.378 e. The first kappa shape index (κ1) is 15.4. The Bertz CT molecular complexity index is 512. The van der Waals surface area contributed by atoms with Gasteiger partial charge in [0.05, 0.1) is 25.7 Å². The Labute approximate surface area is 131 Å². The Morgan fingerprint density at radius 3 is 2.82 bits per heavy atom. The number of likely N-dealkylation sites (tertiary alicyclic amines) is 1. The lowest BCUT2D eigenvalue weighted by molar-refractivity contribution is -0.140. The van der Waals surface area contributed by atoms with Gasteiger partial charge in [-0.15, -0.1) is 0 Å². The molecule has 2 aliphatic heterocycles. The van der Waals surface area contributed by atoms with Gasteiger partial charge in [0.1, 0.15) is 11.6 Å². The van der Waals surface area contributed by atoms with E-state index < -0.39 is 0 Å². The number of morpholine rings is 1. The average Bonchev–Trinajstić information content (AvgIpc) is 3.14. The van der Waals surface area contributed by atoms with Gasteiger partial charge in [0.2, 0.25) is 5.91 Å². The maximum Gasteiger partial charge on any atom is 0.227 e. The number of hydrogen-bond acceptors (Lipinski definition) is 5. The third kappa shape index (κ3) is 3.30. The van der Waals surface area contributed by atoms with E-state index in [1.54, 1.807) is 0 Å². The van der Waals surface area contributed by atoms with Gasteiger partial charge in [-0.1, -0.05) is 13.8 Å². The van der Waals surface area contributed by atoms with Crippen LogP contribution in [0.4, 0.5) is 0 Å². The molecule has 1 amide bonds. The van der Waals surface area contributed by atoms with Gasteiger partial charge < -0.3 is 9.64 Å². The number of amides is 1.